The average molecular weight is 478 g/mol. The van der Waals surface area contributed by atoms with Crippen molar-refractivity contribution in [3.05, 3.63) is 107 Å². The second-order valence-corrected chi connectivity index (χ2v) is 11.1. The van der Waals surface area contributed by atoms with Gasteiger partial charge in [-0.3, -0.25) is 4.79 Å². The monoisotopic (exact) mass is 477 g/mol. The molecule has 4 atom stereocenters. The van der Waals surface area contributed by atoms with E-state index in [0.717, 1.165) is 49.1 Å². The smallest absolute Gasteiger partial charge is 0.166 e. The molecule has 36 heavy (non-hydrogen) atoms. The summed E-state index contributed by atoms with van der Waals surface area (Å²) in [6.07, 6.45) is 7.32. The third-order valence-electron chi connectivity index (χ3n) is 9.10. The fourth-order valence-corrected chi connectivity index (χ4v) is 7.15. The first-order valence-corrected chi connectivity index (χ1v) is 13.4. The lowest BCUT2D eigenvalue weighted by Crippen LogP contribution is -2.42. The Morgan fingerprint density at radius 1 is 1.00 bits per heavy atom. The molecule has 6 rings (SSSR count). The molecule has 0 N–H and O–H groups in total. The average Bonchev–Trinajstić information content (AvgIpc) is 3.18. The maximum absolute atomic E-state index is 13.7. The summed E-state index contributed by atoms with van der Waals surface area (Å²) < 4.78 is 6.12. The summed E-state index contributed by atoms with van der Waals surface area (Å²) in [5.74, 6) is 2.89. The predicted octanol–water partition coefficient (Wildman–Crippen LogP) is 7.32. The van der Waals surface area contributed by atoms with Gasteiger partial charge in [-0.1, -0.05) is 61.5 Å². The number of aryl methyl sites for hydroxylation is 1. The second kappa shape index (κ2) is 9.28. The van der Waals surface area contributed by atoms with Crippen LogP contribution < -0.4 is 9.64 Å². The maximum Gasteiger partial charge on any atom is 0.166 e. The Morgan fingerprint density at radius 2 is 1.75 bits per heavy atom. The minimum Gasteiger partial charge on any atom is -0.489 e. The lowest BCUT2D eigenvalue weighted by molar-refractivity contribution is -0.127. The van der Waals surface area contributed by atoms with E-state index < -0.39 is 0 Å². The third kappa shape index (κ3) is 4.05. The first-order chi connectivity index (χ1) is 17.5. The number of carbonyl (C=O) groups is 1. The van der Waals surface area contributed by atoms with E-state index in [1.54, 1.807) is 0 Å². The van der Waals surface area contributed by atoms with Gasteiger partial charge in [-0.05, 0) is 90.8 Å². The highest BCUT2D eigenvalue weighted by Crippen LogP contribution is 2.60. The molecule has 0 bridgehead atoms. The number of nitrogens with zero attached hydrogens (tertiary/aromatic N) is 1. The normalized spacial score (nSPS) is 27.8. The number of allylic oxidation sites excluding steroid dienone is 1. The van der Waals surface area contributed by atoms with Crippen LogP contribution in [0.25, 0.3) is 0 Å². The van der Waals surface area contributed by atoms with E-state index >= 15 is 0 Å². The van der Waals surface area contributed by atoms with Gasteiger partial charge in [-0.15, -0.1) is 0 Å². The van der Waals surface area contributed by atoms with Crippen LogP contribution in [0, 0.1) is 17.3 Å². The number of rotatable bonds is 5. The highest BCUT2D eigenvalue weighted by atomic mass is 16.5. The number of carbonyl (C=O) groups excluding carboxylic acids is 1. The van der Waals surface area contributed by atoms with Gasteiger partial charge in [0.2, 0.25) is 0 Å². The van der Waals surface area contributed by atoms with Crippen molar-refractivity contribution in [3.8, 4) is 5.75 Å². The molecule has 0 saturated heterocycles. The van der Waals surface area contributed by atoms with Gasteiger partial charge in [0.15, 0.2) is 5.78 Å². The first kappa shape index (κ1) is 23.1. The van der Waals surface area contributed by atoms with Gasteiger partial charge in [-0.2, -0.15) is 0 Å². The fraction of sp³-hybridized carbons (Fsp3) is 0.364. The van der Waals surface area contributed by atoms with Crippen molar-refractivity contribution in [1.82, 2.24) is 0 Å². The van der Waals surface area contributed by atoms with Crippen LogP contribution >= 0.6 is 0 Å². The Labute approximate surface area is 214 Å². The SMILES string of the molecule is CN(/C=C1\C[C@H]2[C@@H]3CCc4cc(OCc5ccccc5)ccc4[C@H]3CC[C@]2(C)C1=O)c1ccccc1. The van der Waals surface area contributed by atoms with Crippen molar-refractivity contribution in [2.24, 2.45) is 17.3 Å². The van der Waals surface area contributed by atoms with Gasteiger partial charge < -0.3 is 9.64 Å². The van der Waals surface area contributed by atoms with Gasteiger partial charge in [0.05, 0.1) is 0 Å². The lowest BCUT2D eigenvalue weighted by atomic mass is 9.55. The molecule has 0 radical (unpaired) electrons. The number of hydrogen-bond donors (Lipinski definition) is 0. The number of Topliss-reactive ketones (excluding diaryl/α,β-unsaturated/α-hetero) is 1. The van der Waals surface area contributed by atoms with Crippen molar-refractivity contribution < 1.29 is 9.53 Å². The molecule has 3 nitrogen and oxygen atoms in total. The summed E-state index contributed by atoms with van der Waals surface area (Å²) in [6.45, 7) is 2.84. The van der Waals surface area contributed by atoms with E-state index in [9.17, 15) is 4.79 Å². The van der Waals surface area contributed by atoms with Crippen LogP contribution in [-0.4, -0.2) is 12.8 Å². The largest absolute Gasteiger partial charge is 0.489 e. The minimum atomic E-state index is -0.221. The number of para-hydroxylation sites is 1. The Hall–Kier alpha value is -3.33. The third-order valence-corrected chi connectivity index (χ3v) is 9.10. The zero-order chi connectivity index (χ0) is 24.7. The molecule has 3 aliphatic rings. The Morgan fingerprint density at radius 3 is 2.53 bits per heavy atom. The van der Waals surface area contributed by atoms with Crippen molar-refractivity contribution in [3.63, 3.8) is 0 Å². The van der Waals surface area contributed by atoms with Crippen molar-refractivity contribution in [1.29, 1.82) is 0 Å². The van der Waals surface area contributed by atoms with Crippen LogP contribution in [0.15, 0.2) is 90.6 Å². The predicted molar refractivity (Wildman–Crippen MR) is 145 cm³/mol. The fourth-order valence-electron chi connectivity index (χ4n) is 7.15. The molecule has 2 fully saturated rings. The highest BCUT2D eigenvalue weighted by Gasteiger charge is 2.56. The molecule has 3 aliphatic carbocycles. The van der Waals surface area contributed by atoms with Crippen LogP contribution in [0.5, 0.6) is 5.75 Å². The van der Waals surface area contributed by atoms with Crippen molar-refractivity contribution >= 4 is 11.5 Å². The summed E-state index contributed by atoms with van der Waals surface area (Å²) in [7, 11) is 2.05. The van der Waals surface area contributed by atoms with Crippen LogP contribution in [0.4, 0.5) is 5.69 Å². The van der Waals surface area contributed by atoms with Crippen LogP contribution in [-0.2, 0) is 17.8 Å². The molecule has 2 saturated carbocycles. The van der Waals surface area contributed by atoms with Gasteiger partial charge in [-0.25, -0.2) is 0 Å². The lowest BCUT2D eigenvalue weighted by Gasteiger charge is -2.48. The number of hydrogen-bond acceptors (Lipinski definition) is 3. The number of ether oxygens (including phenoxy) is 1. The van der Waals surface area contributed by atoms with E-state index in [4.69, 9.17) is 4.74 Å². The maximum atomic E-state index is 13.7. The molecule has 3 heteroatoms. The van der Waals surface area contributed by atoms with Gasteiger partial charge in [0.25, 0.3) is 0 Å². The van der Waals surface area contributed by atoms with E-state index in [0.29, 0.717) is 30.1 Å². The van der Waals surface area contributed by atoms with Crippen molar-refractivity contribution in [2.45, 2.75) is 51.6 Å². The van der Waals surface area contributed by atoms with E-state index in [2.05, 4.69) is 79.7 Å². The Balaban J connectivity index is 1.21. The van der Waals surface area contributed by atoms with E-state index in [1.165, 1.54) is 16.7 Å². The molecule has 0 spiro atoms. The molecule has 184 valence electrons. The van der Waals surface area contributed by atoms with Crippen LogP contribution in [0.1, 0.15) is 55.2 Å². The molecular formula is C33H35NO2. The number of anilines is 1. The Bertz CT molecular complexity index is 1280. The summed E-state index contributed by atoms with van der Waals surface area (Å²) >= 11 is 0. The van der Waals surface area contributed by atoms with Gasteiger partial charge in [0.1, 0.15) is 12.4 Å². The zero-order valence-electron chi connectivity index (χ0n) is 21.3. The molecule has 0 heterocycles. The Kier molecular flexibility index (Phi) is 5.95. The second-order valence-electron chi connectivity index (χ2n) is 11.1. The van der Waals surface area contributed by atoms with Gasteiger partial charge in [0, 0.05) is 29.9 Å². The number of fused-ring (bicyclic) bond motifs is 5. The molecular weight excluding hydrogens is 442 g/mol. The molecule has 0 amide bonds. The summed E-state index contributed by atoms with van der Waals surface area (Å²) in [4.78, 5) is 15.8. The van der Waals surface area contributed by atoms with Crippen LogP contribution in [0.2, 0.25) is 0 Å². The first-order valence-electron chi connectivity index (χ1n) is 13.4. The quantitative estimate of drug-likeness (QED) is 0.361. The van der Waals surface area contributed by atoms with E-state index in [-0.39, 0.29) is 5.41 Å². The minimum absolute atomic E-state index is 0.221. The molecule has 0 aliphatic heterocycles. The summed E-state index contributed by atoms with van der Waals surface area (Å²) in [5.41, 5.74) is 6.02. The zero-order valence-corrected chi connectivity index (χ0v) is 21.3. The summed E-state index contributed by atoms with van der Waals surface area (Å²) in [6, 6.07) is 27.4. The number of ketones is 1. The highest BCUT2D eigenvalue weighted by molar-refractivity contribution is 6.02. The molecule has 3 aromatic rings. The van der Waals surface area contributed by atoms with Crippen LogP contribution in [0.3, 0.4) is 0 Å². The number of benzene rings is 3. The topological polar surface area (TPSA) is 29.5 Å². The standard InChI is InChI=1S/C33H35NO2/c1-33-18-17-29-28-16-14-27(36-22-23-9-5-3-6-10-23)19-24(28)13-15-30(29)31(33)20-25(32(33)35)21-34(2)26-11-7-4-8-12-26/h3-12,14,16,19,21,29-31H,13,15,17-18,20,22H2,1-2H3/b25-21+/t29-,30-,31+,33+/m1/s1. The summed E-state index contributed by atoms with van der Waals surface area (Å²) in [5, 5.41) is 0. The van der Waals surface area contributed by atoms with Crippen molar-refractivity contribution in [2.75, 3.05) is 11.9 Å². The molecule has 3 aromatic carbocycles. The van der Waals surface area contributed by atoms with Gasteiger partial charge >= 0.3 is 0 Å². The molecule has 0 unspecified atom stereocenters. The van der Waals surface area contributed by atoms with E-state index in [1.807, 2.05) is 24.3 Å². The molecule has 0 aromatic heterocycles.